The summed E-state index contributed by atoms with van der Waals surface area (Å²) in [5, 5.41) is 11.9. The van der Waals surface area contributed by atoms with Crippen molar-refractivity contribution in [3.63, 3.8) is 0 Å². The fraction of sp³-hybridized carbons (Fsp3) is 0.526. The molecule has 1 heterocycles. The molecule has 1 unspecified atom stereocenters. The Morgan fingerprint density at radius 3 is 2.69 bits per heavy atom. The Balaban J connectivity index is 2.78. The molecule has 0 aliphatic carbocycles. The van der Waals surface area contributed by atoms with Gasteiger partial charge in [0, 0.05) is 31.1 Å². The van der Waals surface area contributed by atoms with E-state index in [1.807, 2.05) is 26.0 Å². The van der Waals surface area contributed by atoms with Crippen LogP contribution in [-0.4, -0.2) is 42.8 Å². The number of amides is 1. The molecule has 7 heteroatoms. The number of carbonyl (C=O) groups is 2. The highest BCUT2D eigenvalue weighted by atomic mass is 16.5. The molecule has 1 aromatic rings. The Morgan fingerprint density at radius 2 is 2.12 bits per heavy atom. The van der Waals surface area contributed by atoms with Crippen LogP contribution in [0.25, 0.3) is 6.08 Å². The molecule has 0 aliphatic rings. The molecule has 142 valence electrons. The molecule has 7 nitrogen and oxygen atoms in total. The summed E-state index contributed by atoms with van der Waals surface area (Å²) in [5.41, 5.74) is 2.70. The second kappa shape index (κ2) is 10.4. The van der Waals surface area contributed by atoms with Crippen LogP contribution in [0.15, 0.2) is 11.6 Å². The number of ether oxygens (including phenoxy) is 2. The number of aromatic nitrogens is 1. The third kappa shape index (κ3) is 6.05. The quantitative estimate of drug-likeness (QED) is 0.413. The standard InChI is InChI=1S/C19H27N3O4/c1-6-7-22-14(3)8-16(15(22)4)9-17(10-20)19(24)26-12-18(23)21-13(2)11-25-5/h8-9,13H,6-7,11-12H2,1-5H3,(H,21,23)/b17-9+. The van der Waals surface area contributed by atoms with Gasteiger partial charge in [-0.2, -0.15) is 5.26 Å². The first-order valence-electron chi connectivity index (χ1n) is 8.57. The maximum absolute atomic E-state index is 12.1. The van der Waals surface area contributed by atoms with E-state index in [2.05, 4.69) is 16.8 Å². The van der Waals surface area contributed by atoms with Crippen LogP contribution in [0.5, 0.6) is 0 Å². The van der Waals surface area contributed by atoms with Gasteiger partial charge < -0.3 is 19.4 Å². The van der Waals surface area contributed by atoms with Crippen molar-refractivity contribution < 1.29 is 19.1 Å². The largest absolute Gasteiger partial charge is 0.451 e. The molecule has 0 radical (unpaired) electrons. The summed E-state index contributed by atoms with van der Waals surface area (Å²) >= 11 is 0. The zero-order chi connectivity index (χ0) is 19.7. The smallest absolute Gasteiger partial charge is 0.349 e. The normalized spacial score (nSPS) is 12.4. The van der Waals surface area contributed by atoms with E-state index in [1.54, 1.807) is 6.92 Å². The molecule has 0 spiro atoms. The van der Waals surface area contributed by atoms with E-state index in [0.717, 1.165) is 29.9 Å². The van der Waals surface area contributed by atoms with Gasteiger partial charge in [0.2, 0.25) is 0 Å². The molecule has 1 aromatic heterocycles. The summed E-state index contributed by atoms with van der Waals surface area (Å²) in [7, 11) is 1.53. The Kier molecular flexibility index (Phi) is 8.59. The summed E-state index contributed by atoms with van der Waals surface area (Å²) in [6.07, 6.45) is 2.49. The average molecular weight is 361 g/mol. The Hall–Kier alpha value is -2.59. The number of nitrogens with one attached hydrogen (secondary N) is 1. The Morgan fingerprint density at radius 1 is 1.42 bits per heavy atom. The number of nitriles is 1. The van der Waals surface area contributed by atoms with Crippen molar-refractivity contribution in [2.24, 2.45) is 0 Å². The number of methoxy groups -OCH3 is 1. The van der Waals surface area contributed by atoms with E-state index in [-0.39, 0.29) is 11.6 Å². The first kappa shape index (κ1) is 21.5. The second-order valence-corrected chi connectivity index (χ2v) is 6.15. The van der Waals surface area contributed by atoms with Gasteiger partial charge in [0.25, 0.3) is 5.91 Å². The summed E-state index contributed by atoms with van der Waals surface area (Å²) in [4.78, 5) is 23.8. The highest BCUT2D eigenvalue weighted by Crippen LogP contribution is 2.19. The van der Waals surface area contributed by atoms with Crippen molar-refractivity contribution in [1.29, 1.82) is 5.26 Å². The van der Waals surface area contributed by atoms with Crippen molar-refractivity contribution >= 4 is 18.0 Å². The third-order valence-electron chi connectivity index (χ3n) is 3.86. The maximum atomic E-state index is 12.1. The van der Waals surface area contributed by atoms with Crippen LogP contribution in [0.2, 0.25) is 0 Å². The number of hydrogen-bond acceptors (Lipinski definition) is 5. The van der Waals surface area contributed by atoms with E-state index >= 15 is 0 Å². The SMILES string of the molecule is CCCn1c(C)cc(/C=C(\C#N)C(=O)OCC(=O)NC(C)COC)c1C. The fourth-order valence-electron chi connectivity index (χ4n) is 2.65. The molecular formula is C19H27N3O4. The van der Waals surface area contributed by atoms with Crippen molar-refractivity contribution in [2.45, 2.75) is 46.7 Å². The zero-order valence-corrected chi connectivity index (χ0v) is 16.1. The third-order valence-corrected chi connectivity index (χ3v) is 3.86. The molecule has 0 saturated carbocycles. The van der Waals surface area contributed by atoms with Crippen LogP contribution in [0.3, 0.4) is 0 Å². The van der Waals surface area contributed by atoms with Gasteiger partial charge in [-0.25, -0.2) is 4.79 Å². The van der Waals surface area contributed by atoms with Gasteiger partial charge >= 0.3 is 5.97 Å². The maximum Gasteiger partial charge on any atom is 0.349 e. The number of hydrogen-bond donors (Lipinski definition) is 1. The first-order valence-corrected chi connectivity index (χ1v) is 8.57. The fourth-order valence-corrected chi connectivity index (χ4v) is 2.65. The van der Waals surface area contributed by atoms with Gasteiger partial charge in [0.05, 0.1) is 6.61 Å². The lowest BCUT2D eigenvalue weighted by Crippen LogP contribution is -2.38. The van der Waals surface area contributed by atoms with Gasteiger partial charge in [-0.15, -0.1) is 0 Å². The van der Waals surface area contributed by atoms with Crippen molar-refractivity contribution in [1.82, 2.24) is 9.88 Å². The lowest BCUT2D eigenvalue weighted by atomic mass is 10.1. The van der Waals surface area contributed by atoms with Crippen molar-refractivity contribution in [3.8, 4) is 6.07 Å². The summed E-state index contributed by atoms with van der Waals surface area (Å²) in [5.74, 6) is -1.26. The molecule has 26 heavy (non-hydrogen) atoms. The van der Waals surface area contributed by atoms with Crippen LogP contribution < -0.4 is 5.32 Å². The molecule has 0 bridgehead atoms. The molecule has 1 amide bonds. The molecule has 1 rings (SSSR count). The highest BCUT2D eigenvalue weighted by molar-refractivity contribution is 5.99. The lowest BCUT2D eigenvalue weighted by molar-refractivity contribution is -0.144. The molecule has 0 saturated heterocycles. The van der Waals surface area contributed by atoms with Crippen LogP contribution in [0.4, 0.5) is 0 Å². The minimum Gasteiger partial charge on any atom is -0.451 e. The number of esters is 1. The summed E-state index contributed by atoms with van der Waals surface area (Å²) < 4.78 is 12.0. The minimum atomic E-state index is -0.817. The predicted molar refractivity (Wildman–Crippen MR) is 98.2 cm³/mol. The van der Waals surface area contributed by atoms with Crippen LogP contribution >= 0.6 is 0 Å². The zero-order valence-electron chi connectivity index (χ0n) is 16.1. The predicted octanol–water partition coefficient (Wildman–Crippen LogP) is 2.12. The second-order valence-electron chi connectivity index (χ2n) is 6.15. The van der Waals surface area contributed by atoms with Gasteiger partial charge in [0.1, 0.15) is 11.6 Å². The van der Waals surface area contributed by atoms with Crippen LogP contribution in [0.1, 0.15) is 37.2 Å². The minimum absolute atomic E-state index is 0.139. The van der Waals surface area contributed by atoms with Gasteiger partial charge in [-0.3, -0.25) is 4.79 Å². The van der Waals surface area contributed by atoms with Gasteiger partial charge in [-0.1, -0.05) is 6.92 Å². The van der Waals surface area contributed by atoms with Crippen LogP contribution in [0, 0.1) is 25.2 Å². The molecule has 1 N–H and O–H groups in total. The molecule has 0 fully saturated rings. The van der Waals surface area contributed by atoms with Crippen molar-refractivity contribution in [3.05, 3.63) is 28.6 Å². The number of rotatable bonds is 9. The average Bonchev–Trinajstić information content (AvgIpc) is 2.85. The van der Waals surface area contributed by atoms with E-state index in [9.17, 15) is 14.9 Å². The van der Waals surface area contributed by atoms with Gasteiger partial charge in [0.15, 0.2) is 6.61 Å². The topological polar surface area (TPSA) is 93.4 Å². The number of aryl methyl sites for hydroxylation is 1. The highest BCUT2D eigenvalue weighted by Gasteiger charge is 2.16. The lowest BCUT2D eigenvalue weighted by Gasteiger charge is -2.12. The molecule has 1 atom stereocenters. The van der Waals surface area contributed by atoms with Gasteiger partial charge in [-0.05, 0) is 44.9 Å². The summed E-state index contributed by atoms with van der Waals surface area (Å²) in [6, 6.07) is 3.58. The molecule has 0 aromatic carbocycles. The Labute approximate surface area is 154 Å². The van der Waals surface area contributed by atoms with E-state index in [0.29, 0.717) is 6.61 Å². The molecular weight excluding hydrogens is 334 g/mol. The summed E-state index contributed by atoms with van der Waals surface area (Å²) in [6.45, 7) is 8.57. The first-order chi connectivity index (χ1) is 12.3. The van der Waals surface area contributed by atoms with Crippen molar-refractivity contribution in [2.75, 3.05) is 20.3 Å². The number of nitrogens with zero attached hydrogens (tertiary/aromatic N) is 2. The number of carbonyl (C=O) groups excluding carboxylic acids is 2. The Bertz CT molecular complexity index is 713. The molecule has 0 aliphatic heterocycles. The van der Waals surface area contributed by atoms with E-state index in [1.165, 1.54) is 13.2 Å². The van der Waals surface area contributed by atoms with E-state index < -0.39 is 18.5 Å². The van der Waals surface area contributed by atoms with Crippen LogP contribution in [-0.2, 0) is 25.6 Å². The van der Waals surface area contributed by atoms with E-state index in [4.69, 9.17) is 9.47 Å². The monoisotopic (exact) mass is 361 g/mol.